The summed E-state index contributed by atoms with van der Waals surface area (Å²) in [6, 6.07) is 5.43. The van der Waals surface area contributed by atoms with E-state index in [9.17, 15) is 12.8 Å². The van der Waals surface area contributed by atoms with Crippen molar-refractivity contribution in [3.05, 3.63) is 30.1 Å². The van der Waals surface area contributed by atoms with Crippen LogP contribution in [0, 0.1) is 5.82 Å². The minimum atomic E-state index is -3.68. The van der Waals surface area contributed by atoms with Crippen molar-refractivity contribution in [2.24, 2.45) is 4.99 Å². The third-order valence-corrected chi connectivity index (χ3v) is 5.93. The Morgan fingerprint density at radius 3 is 2.70 bits per heavy atom. The third-order valence-electron chi connectivity index (χ3n) is 4.19. The van der Waals surface area contributed by atoms with Crippen LogP contribution in [0.15, 0.2) is 34.2 Å². The molecule has 2 rings (SSSR count). The predicted octanol–water partition coefficient (Wildman–Crippen LogP) is 0.877. The highest BCUT2D eigenvalue weighted by molar-refractivity contribution is 7.91. The highest BCUT2D eigenvalue weighted by atomic mass is 32.2. The maximum Gasteiger partial charge on any atom is 0.191 e. The second-order valence-corrected chi connectivity index (χ2v) is 8.32. The van der Waals surface area contributed by atoms with Gasteiger partial charge in [0.05, 0.1) is 19.0 Å². The van der Waals surface area contributed by atoms with E-state index in [4.69, 9.17) is 4.74 Å². The minimum absolute atomic E-state index is 0.159. The van der Waals surface area contributed by atoms with Gasteiger partial charge in [-0.1, -0.05) is 12.1 Å². The molecule has 1 saturated heterocycles. The fourth-order valence-electron chi connectivity index (χ4n) is 2.76. The molecule has 152 valence electrons. The van der Waals surface area contributed by atoms with Crippen LogP contribution in [0.1, 0.15) is 13.3 Å². The first kappa shape index (κ1) is 21.6. The Morgan fingerprint density at radius 2 is 2.00 bits per heavy atom. The van der Waals surface area contributed by atoms with Gasteiger partial charge in [-0.2, -0.15) is 0 Å². The van der Waals surface area contributed by atoms with Crippen LogP contribution in [0.4, 0.5) is 4.39 Å². The van der Waals surface area contributed by atoms with Gasteiger partial charge in [0, 0.05) is 39.3 Å². The van der Waals surface area contributed by atoms with Crippen molar-refractivity contribution in [3.63, 3.8) is 0 Å². The molecule has 27 heavy (non-hydrogen) atoms. The van der Waals surface area contributed by atoms with Crippen LogP contribution in [0.5, 0.6) is 0 Å². The molecule has 0 atom stereocenters. The molecule has 0 amide bonds. The largest absolute Gasteiger partial charge is 0.379 e. The van der Waals surface area contributed by atoms with Crippen LogP contribution in [-0.4, -0.2) is 77.5 Å². The standard InChI is InChI=1S/C18H29FN4O3S/c1-2-20-18(21-8-5-10-23-11-13-26-14-12-23)22-9-15-27(24,25)17-7-4-3-6-16(17)19/h3-4,6-7H,2,5,8-15H2,1H3,(H2,20,21,22). The van der Waals surface area contributed by atoms with Crippen LogP contribution in [-0.2, 0) is 14.6 Å². The quantitative estimate of drug-likeness (QED) is 0.364. The van der Waals surface area contributed by atoms with Crippen molar-refractivity contribution in [2.75, 3.05) is 58.2 Å². The summed E-state index contributed by atoms with van der Waals surface area (Å²) in [6.45, 7) is 7.86. The van der Waals surface area contributed by atoms with Gasteiger partial charge >= 0.3 is 0 Å². The Bertz CT molecular complexity index is 706. The Labute approximate surface area is 160 Å². The third kappa shape index (κ3) is 7.43. The average molecular weight is 401 g/mol. The van der Waals surface area contributed by atoms with Gasteiger partial charge in [-0.3, -0.25) is 9.89 Å². The van der Waals surface area contributed by atoms with Crippen molar-refractivity contribution in [1.82, 2.24) is 15.5 Å². The van der Waals surface area contributed by atoms with E-state index in [1.807, 2.05) is 6.92 Å². The van der Waals surface area contributed by atoms with Crippen molar-refractivity contribution >= 4 is 15.8 Å². The van der Waals surface area contributed by atoms with E-state index >= 15 is 0 Å². The molecule has 0 unspecified atom stereocenters. The van der Waals surface area contributed by atoms with Crippen molar-refractivity contribution < 1.29 is 17.5 Å². The fourth-order valence-corrected chi connectivity index (χ4v) is 4.00. The normalized spacial score (nSPS) is 16.3. The zero-order valence-corrected chi connectivity index (χ0v) is 16.6. The number of rotatable bonds is 9. The number of aliphatic imine (C=N–C) groups is 1. The molecule has 2 N–H and O–H groups in total. The topological polar surface area (TPSA) is 83.0 Å². The van der Waals surface area contributed by atoms with E-state index in [0.29, 0.717) is 19.0 Å². The number of morpholine rings is 1. The number of hydrogen-bond donors (Lipinski definition) is 2. The highest BCUT2D eigenvalue weighted by Crippen LogP contribution is 2.14. The molecule has 0 bridgehead atoms. The SMILES string of the molecule is CCNC(=NCCCN1CCOCC1)NCCS(=O)(=O)c1ccccc1F. The van der Waals surface area contributed by atoms with Crippen LogP contribution in [0.25, 0.3) is 0 Å². The molecule has 9 heteroatoms. The molecule has 0 radical (unpaired) electrons. The van der Waals surface area contributed by atoms with Gasteiger partial charge in [0.15, 0.2) is 15.8 Å². The lowest BCUT2D eigenvalue weighted by Gasteiger charge is -2.26. The predicted molar refractivity (Wildman–Crippen MR) is 104 cm³/mol. The first-order chi connectivity index (χ1) is 13.0. The summed E-state index contributed by atoms with van der Waals surface area (Å²) in [5.74, 6) is -0.351. The first-order valence-corrected chi connectivity index (χ1v) is 11.0. The van der Waals surface area contributed by atoms with E-state index in [1.54, 1.807) is 0 Å². The van der Waals surface area contributed by atoms with Crippen LogP contribution in [0.3, 0.4) is 0 Å². The summed E-state index contributed by atoms with van der Waals surface area (Å²) in [7, 11) is -3.68. The first-order valence-electron chi connectivity index (χ1n) is 9.32. The minimum Gasteiger partial charge on any atom is -0.379 e. The molecule has 1 heterocycles. The summed E-state index contributed by atoms with van der Waals surface area (Å²) in [4.78, 5) is 6.56. The summed E-state index contributed by atoms with van der Waals surface area (Å²) < 4.78 is 43.6. The molecule has 1 fully saturated rings. The number of benzene rings is 1. The molecule has 7 nitrogen and oxygen atoms in total. The Morgan fingerprint density at radius 1 is 1.26 bits per heavy atom. The Hall–Kier alpha value is -1.71. The van der Waals surface area contributed by atoms with Gasteiger partial charge in [-0.25, -0.2) is 12.8 Å². The lowest BCUT2D eigenvalue weighted by molar-refractivity contribution is 0.0377. The number of hydrogen-bond acceptors (Lipinski definition) is 5. The van der Waals surface area contributed by atoms with Gasteiger partial charge in [-0.05, 0) is 25.5 Å². The van der Waals surface area contributed by atoms with E-state index in [-0.39, 0.29) is 17.2 Å². The lowest BCUT2D eigenvalue weighted by atomic mass is 10.3. The Kier molecular flexibility index (Phi) is 8.96. The lowest BCUT2D eigenvalue weighted by Crippen LogP contribution is -2.40. The number of nitrogens with one attached hydrogen (secondary N) is 2. The van der Waals surface area contributed by atoms with Crippen molar-refractivity contribution in [2.45, 2.75) is 18.2 Å². The summed E-state index contributed by atoms with van der Waals surface area (Å²) in [5.41, 5.74) is 0. The van der Waals surface area contributed by atoms with E-state index in [0.717, 1.165) is 45.3 Å². The summed E-state index contributed by atoms with van der Waals surface area (Å²) in [5, 5.41) is 6.10. The summed E-state index contributed by atoms with van der Waals surface area (Å²) in [6.07, 6.45) is 0.921. The molecule has 1 aliphatic heterocycles. The number of guanidine groups is 1. The number of halogens is 1. The van der Waals surface area contributed by atoms with Gasteiger partial charge in [0.25, 0.3) is 0 Å². The van der Waals surface area contributed by atoms with E-state index < -0.39 is 15.7 Å². The molecule has 1 aromatic carbocycles. The second kappa shape index (κ2) is 11.2. The number of ether oxygens (including phenoxy) is 1. The second-order valence-electron chi connectivity index (χ2n) is 6.24. The number of sulfone groups is 1. The van der Waals surface area contributed by atoms with Gasteiger partial charge in [0.1, 0.15) is 10.7 Å². The van der Waals surface area contributed by atoms with E-state index in [1.165, 1.54) is 18.2 Å². The average Bonchev–Trinajstić information content (AvgIpc) is 2.66. The molecule has 1 aromatic rings. The summed E-state index contributed by atoms with van der Waals surface area (Å²) >= 11 is 0. The van der Waals surface area contributed by atoms with Crippen LogP contribution >= 0.6 is 0 Å². The zero-order chi connectivity index (χ0) is 19.5. The molecule has 0 aliphatic carbocycles. The molecule has 0 spiro atoms. The fraction of sp³-hybridized carbons (Fsp3) is 0.611. The van der Waals surface area contributed by atoms with Gasteiger partial charge < -0.3 is 15.4 Å². The molecule has 0 aromatic heterocycles. The Balaban J connectivity index is 1.78. The van der Waals surface area contributed by atoms with Gasteiger partial charge in [0.2, 0.25) is 0 Å². The molecule has 0 saturated carbocycles. The highest BCUT2D eigenvalue weighted by Gasteiger charge is 2.18. The van der Waals surface area contributed by atoms with Crippen molar-refractivity contribution in [1.29, 1.82) is 0 Å². The number of nitrogens with zero attached hydrogens (tertiary/aromatic N) is 2. The zero-order valence-electron chi connectivity index (χ0n) is 15.8. The van der Waals surface area contributed by atoms with Crippen LogP contribution < -0.4 is 10.6 Å². The van der Waals surface area contributed by atoms with E-state index in [2.05, 4.69) is 20.5 Å². The molecule has 1 aliphatic rings. The maximum atomic E-state index is 13.7. The monoisotopic (exact) mass is 400 g/mol. The molecular weight excluding hydrogens is 371 g/mol. The molecular formula is C18H29FN4O3S. The smallest absolute Gasteiger partial charge is 0.191 e. The van der Waals surface area contributed by atoms with Crippen LogP contribution in [0.2, 0.25) is 0 Å². The van der Waals surface area contributed by atoms with Gasteiger partial charge in [-0.15, -0.1) is 0 Å². The van der Waals surface area contributed by atoms with Crippen molar-refractivity contribution in [3.8, 4) is 0 Å². The maximum absolute atomic E-state index is 13.7.